The minimum absolute atomic E-state index is 0.0313. The zero-order valence-electron chi connectivity index (χ0n) is 12.2. The van der Waals surface area contributed by atoms with Crippen molar-refractivity contribution in [2.24, 2.45) is 5.73 Å². The van der Waals surface area contributed by atoms with Crippen molar-refractivity contribution >= 4 is 35.0 Å². The molecule has 4 N–H and O–H groups in total. The van der Waals surface area contributed by atoms with Gasteiger partial charge in [0.05, 0.1) is 0 Å². The Morgan fingerprint density at radius 2 is 2.00 bits per heavy atom. The Morgan fingerprint density at radius 1 is 1.30 bits per heavy atom. The maximum atomic E-state index is 11.9. The number of aryl methyl sites for hydroxylation is 1. The number of hydrogen-bond acceptors (Lipinski definition) is 6. The SMILES string of the molecule is Nc1ncccc1CC[C@H](N)C(=O)OCc1cc(Cl)nc(Cl)c1. The first-order valence-electron chi connectivity index (χ1n) is 6.89. The predicted octanol–water partition coefficient (Wildman–Crippen LogP) is 2.37. The molecule has 0 aliphatic heterocycles. The molecule has 1 atom stereocenters. The van der Waals surface area contributed by atoms with Crippen LogP contribution in [0.4, 0.5) is 5.82 Å². The van der Waals surface area contributed by atoms with Gasteiger partial charge in [0.25, 0.3) is 0 Å². The van der Waals surface area contributed by atoms with E-state index in [1.54, 1.807) is 24.4 Å². The van der Waals surface area contributed by atoms with Crippen LogP contribution in [0, 0.1) is 0 Å². The van der Waals surface area contributed by atoms with Crippen molar-refractivity contribution in [3.63, 3.8) is 0 Å². The van der Waals surface area contributed by atoms with Gasteiger partial charge in [-0.1, -0.05) is 29.3 Å². The molecule has 0 aliphatic carbocycles. The van der Waals surface area contributed by atoms with Crippen LogP contribution < -0.4 is 11.5 Å². The van der Waals surface area contributed by atoms with Crippen molar-refractivity contribution in [2.75, 3.05) is 5.73 Å². The summed E-state index contributed by atoms with van der Waals surface area (Å²) in [4.78, 5) is 19.7. The first-order valence-corrected chi connectivity index (χ1v) is 7.65. The first-order chi connectivity index (χ1) is 11.0. The number of aromatic nitrogens is 2. The summed E-state index contributed by atoms with van der Waals surface area (Å²) < 4.78 is 5.16. The Bertz CT molecular complexity index is 677. The number of esters is 1. The lowest BCUT2D eigenvalue weighted by atomic mass is 10.1. The normalized spacial score (nSPS) is 12.0. The summed E-state index contributed by atoms with van der Waals surface area (Å²) in [6.07, 6.45) is 2.56. The third kappa shape index (κ3) is 5.35. The molecule has 0 fully saturated rings. The molecule has 0 saturated carbocycles. The average molecular weight is 355 g/mol. The van der Waals surface area contributed by atoms with Crippen LogP contribution in [0.25, 0.3) is 0 Å². The predicted molar refractivity (Wildman–Crippen MR) is 89.0 cm³/mol. The number of ether oxygens (including phenoxy) is 1. The van der Waals surface area contributed by atoms with Crippen LogP contribution >= 0.6 is 23.2 Å². The molecule has 0 amide bonds. The minimum Gasteiger partial charge on any atom is -0.460 e. The Hall–Kier alpha value is -1.89. The number of anilines is 1. The summed E-state index contributed by atoms with van der Waals surface area (Å²) in [5, 5.41) is 0.472. The van der Waals surface area contributed by atoms with E-state index in [4.69, 9.17) is 39.4 Å². The third-order valence-corrected chi connectivity index (χ3v) is 3.54. The second-order valence-electron chi connectivity index (χ2n) is 4.92. The number of rotatable bonds is 6. The highest BCUT2D eigenvalue weighted by atomic mass is 35.5. The van der Waals surface area contributed by atoms with Gasteiger partial charge in [0, 0.05) is 6.20 Å². The molecule has 0 aromatic carbocycles. The van der Waals surface area contributed by atoms with Gasteiger partial charge in [-0.15, -0.1) is 0 Å². The van der Waals surface area contributed by atoms with Gasteiger partial charge in [0.2, 0.25) is 0 Å². The fraction of sp³-hybridized carbons (Fsp3) is 0.267. The van der Waals surface area contributed by atoms with E-state index in [0.29, 0.717) is 24.2 Å². The number of hydrogen-bond donors (Lipinski definition) is 2. The second-order valence-corrected chi connectivity index (χ2v) is 5.70. The molecular formula is C15H16Cl2N4O2. The second kappa shape index (κ2) is 8.10. The van der Waals surface area contributed by atoms with Crippen molar-refractivity contribution in [3.8, 4) is 0 Å². The lowest BCUT2D eigenvalue weighted by Gasteiger charge is -2.12. The van der Waals surface area contributed by atoms with Crippen molar-refractivity contribution in [1.82, 2.24) is 9.97 Å². The molecule has 2 rings (SSSR count). The van der Waals surface area contributed by atoms with Gasteiger partial charge >= 0.3 is 5.97 Å². The highest BCUT2D eigenvalue weighted by molar-refractivity contribution is 6.32. The Morgan fingerprint density at radius 3 is 2.65 bits per heavy atom. The van der Waals surface area contributed by atoms with Crippen molar-refractivity contribution < 1.29 is 9.53 Å². The molecule has 0 saturated heterocycles. The zero-order chi connectivity index (χ0) is 16.8. The number of halogens is 2. The summed E-state index contributed by atoms with van der Waals surface area (Å²) in [5.41, 5.74) is 13.1. The van der Waals surface area contributed by atoms with Crippen LogP contribution in [0.1, 0.15) is 17.5 Å². The molecule has 122 valence electrons. The zero-order valence-corrected chi connectivity index (χ0v) is 13.7. The standard InChI is InChI=1S/C15H16Cl2N4O2/c16-12-6-9(7-13(17)21-12)8-23-15(22)11(18)4-3-10-2-1-5-20-14(10)19/h1-2,5-7,11H,3-4,8,18H2,(H2,19,20)/t11-/m0/s1. The van der Waals surface area contributed by atoms with Gasteiger partial charge in [0.1, 0.15) is 28.8 Å². The summed E-state index contributed by atoms with van der Waals surface area (Å²) >= 11 is 11.6. The monoisotopic (exact) mass is 354 g/mol. The van der Waals surface area contributed by atoms with Crippen LogP contribution in [0.3, 0.4) is 0 Å². The Kier molecular flexibility index (Phi) is 6.15. The van der Waals surface area contributed by atoms with Crippen LogP contribution in [-0.2, 0) is 22.6 Å². The molecule has 8 heteroatoms. The van der Waals surface area contributed by atoms with Gasteiger partial charge in [-0.3, -0.25) is 4.79 Å². The Labute approximate surface area is 143 Å². The summed E-state index contributed by atoms with van der Waals surface area (Å²) in [6, 6.07) is 6.03. The molecule has 2 aromatic rings. The lowest BCUT2D eigenvalue weighted by Crippen LogP contribution is -2.32. The van der Waals surface area contributed by atoms with E-state index in [9.17, 15) is 4.79 Å². The highest BCUT2D eigenvalue weighted by Gasteiger charge is 2.16. The van der Waals surface area contributed by atoms with Crippen LogP contribution in [0.15, 0.2) is 30.5 Å². The summed E-state index contributed by atoms with van der Waals surface area (Å²) in [5.74, 6) is -0.0642. The smallest absolute Gasteiger partial charge is 0.323 e. The molecule has 0 bridgehead atoms. The fourth-order valence-corrected chi connectivity index (χ4v) is 2.46. The van der Waals surface area contributed by atoms with Gasteiger partial charge < -0.3 is 16.2 Å². The molecule has 2 aromatic heterocycles. The molecule has 0 aliphatic rings. The number of pyridine rings is 2. The first kappa shape index (κ1) is 17.5. The average Bonchev–Trinajstić information content (AvgIpc) is 2.50. The van der Waals surface area contributed by atoms with Crippen LogP contribution in [-0.4, -0.2) is 22.0 Å². The number of nitrogen functional groups attached to an aromatic ring is 1. The van der Waals surface area contributed by atoms with Gasteiger partial charge in [-0.2, -0.15) is 0 Å². The molecule has 0 spiro atoms. The van der Waals surface area contributed by atoms with E-state index < -0.39 is 12.0 Å². The lowest BCUT2D eigenvalue weighted by molar-refractivity contribution is -0.146. The molecule has 0 radical (unpaired) electrons. The van der Waals surface area contributed by atoms with Crippen LogP contribution in [0.5, 0.6) is 0 Å². The van der Waals surface area contributed by atoms with Gasteiger partial charge in [-0.25, -0.2) is 9.97 Å². The van der Waals surface area contributed by atoms with E-state index in [0.717, 1.165) is 5.56 Å². The fourth-order valence-electron chi connectivity index (χ4n) is 1.95. The molecule has 2 heterocycles. The maximum absolute atomic E-state index is 11.9. The summed E-state index contributed by atoms with van der Waals surface area (Å²) in [6.45, 7) is 0.0313. The number of carbonyl (C=O) groups excluding carboxylic acids is 1. The topological polar surface area (TPSA) is 104 Å². The van der Waals surface area contributed by atoms with Crippen molar-refractivity contribution in [1.29, 1.82) is 0 Å². The highest BCUT2D eigenvalue weighted by Crippen LogP contribution is 2.16. The quantitative estimate of drug-likeness (QED) is 0.609. The van der Waals surface area contributed by atoms with E-state index in [1.165, 1.54) is 0 Å². The van der Waals surface area contributed by atoms with E-state index in [-0.39, 0.29) is 16.9 Å². The number of nitrogens with two attached hydrogens (primary N) is 2. The minimum atomic E-state index is -0.748. The number of carbonyl (C=O) groups is 1. The molecule has 23 heavy (non-hydrogen) atoms. The molecule has 6 nitrogen and oxygen atoms in total. The largest absolute Gasteiger partial charge is 0.460 e. The van der Waals surface area contributed by atoms with Crippen molar-refractivity contribution in [3.05, 3.63) is 51.9 Å². The summed E-state index contributed by atoms with van der Waals surface area (Å²) in [7, 11) is 0. The van der Waals surface area contributed by atoms with Crippen LogP contribution in [0.2, 0.25) is 10.3 Å². The molecular weight excluding hydrogens is 339 g/mol. The van der Waals surface area contributed by atoms with Crippen molar-refractivity contribution in [2.45, 2.75) is 25.5 Å². The maximum Gasteiger partial charge on any atom is 0.323 e. The number of nitrogens with zero attached hydrogens (tertiary/aromatic N) is 2. The third-order valence-electron chi connectivity index (χ3n) is 3.16. The molecule has 0 unspecified atom stereocenters. The van der Waals surface area contributed by atoms with E-state index in [1.807, 2.05) is 6.07 Å². The van der Waals surface area contributed by atoms with Gasteiger partial charge in [-0.05, 0) is 42.2 Å². The van der Waals surface area contributed by atoms with E-state index >= 15 is 0 Å². The Balaban J connectivity index is 1.84. The van der Waals surface area contributed by atoms with E-state index in [2.05, 4.69) is 9.97 Å². The van der Waals surface area contributed by atoms with Gasteiger partial charge in [0.15, 0.2) is 0 Å².